The lowest BCUT2D eigenvalue weighted by Gasteiger charge is -2.21. The molecule has 1 aliphatic heterocycles. The first-order chi connectivity index (χ1) is 4.58. The molecule has 0 N–H and O–H groups in total. The highest BCUT2D eigenvalue weighted by atomic mass is 16.7. The van der Waals surface area contributed by atoms with Crippen LogP contribution >= 0.6 is 0 Å². The monoisotopic (exact) mass is 142 g/mol. The van der Waals surface area contributed by atoms with Crippen LogP contribution in [0.3, 0.4) is 0 Å². The Labute approximate surface area is 61.8 Å². The van der Waals surface area contributed by atoms with Gasteiger partial charge in [0.1, 0.15) is 12.5 Å². The molecule has 1 aliphatic rings. The van der Waals surface area contributed by atoms with E-state index in [9.17, 15) is 0 Å². The third-order valence-electron chi connectivity index (χ3n) is 1.30. The van der Waals surface area contributed by atoms with E-state index in [0.717, 1.165) is 6.42 Å². The zero-order valence-corrected chi connectivity index (χ0v) is 6.76. The average Bonchev–Trinajstić information content (AvgIpc) is 2.12. The molecule has 0 bridgehead atoms. The van der Waals surface area contributed by atoms with Gasteiger partial charge in [0, 0.05) is 6.42 Å². The maximum Gasteiger partial charge on any atom is 0.240 e. The molecule has 0 unspecified atom stereocenters. The molecule has 2 heteroatoms. The van der Waals surface area contributed by atoms with E-state index >= 15 is 0 Å². The summed E-state index contributed by atoms with van der Waals surface area (Å²) in [5.74, 6) is 0. The van der Waals surface area contributed by atoms with Gasteiger partial charge in [0.15, 0.2) is 0 Å². The highest BCUT2D eigenvalue weighted by Gasteiger charge is 2.21. The maximum absolute atomic E-state index is 5.13. The molecule has 0 aromatic heterocycles. The Balaban J connectivity index is 2.26. The van der Waals surface area contributed by atoms with Gasteiger partial charge < -0.3 is 9.47 Å². The van der Waals surface area contributed by atoms with Crippen LogP contribution < -0.4 is 0 Å². The Morgan fingerprint density at radius 1 is 1.20 bits per heavy atom. The van der Waals surface area contributed by atoms with Gasteiger partial charge in [0.05, 0.1) is 0 Å². The standard InChI is InChI=1S/C8H14O2/c1-8(2,3)6-7-9-4-5-10-7/h4-5,7H,6H2,1-3H3. The van der Waals surface area contributed by atoms with E-state index in [-0.39, 0.29) is 11.7 Å². The van der Waals surface area contributed by atoms with Crippen molar-refractivity contribution in [2.45, 2.75) is 33.5 Å². The molecule has 0 aliphatic carbocycles. The fraction of sp³-hybridized carbons (Fsp3) is 0.750. The van der Waals surface area contributed by atoms with Crippen LogP contribution in [0.15, 0.2) is 12.5 Å². The largest absolute Gasteiger partial charge is 0.459 e. The van der Waals surface area contributed by atoms with Gasteiger partial charge in [-0.2, -0.15) is 0 Å². The van der Waals surface area contributed by atoms with Gasteiger partial charge >= 0.3 is 0 Å². The van der Waals surface area contributed by atoms with Crippen molar-refractivity contribution >= 4 is 0 Å². The van der Waals surface area contributed by atoms with E-state index in [2.05, 4.69) is 20.8 Å². The highest BCUT2D eigenvalue weighted by molar-refractivity contribution is 4.74. The van der Waals surface area contributed by atoms with Crippen molar-refractivity contribution in [3.8, 4) is 0 Å². The molecule has 0 aromatic carbocycles. The molecule has 0 radical (unpaired) electrons. The Hall–Kier alpha value is -0.660. The van der Waals surface area contributed by atoms with E-state index in [1.165, 1.54) is 0 Å². The number of hydrogen-bond acceptors (Lipinski definition) is 2. The van der Waals surface area contributed by atoms with Gasteiger partial charge in [-0.1, -0.05) is 20.8 Å². The molecule has 0 fully saturated rings. The molecule has 58 valence electrons. The van der Waals surface area contributed by atoms with Crippen LogP contribution in [0, 0.1) is 5.41 Å². The van der Waals surface area contributed by atoms with Crippen molar-refractivity contribution in [3.63, 3.8) is 0 Å². The first-order valence-electron chi connectivity index (χ1n) is 3.54. The molecule has 0 spiro atoms. The fourth-order valence-corrected chi connectivity index (χ4v) is 0.868. The third-order valence-corrected chi connectivity index (χ3v) is 1.30. The van der Waals surface area contributed by atoms with E-state index in [1.807, 2.05) is 0 Å². The minimum absolute atomic E-state index is 0.0556. The smallest absolute Gasteiger partial charge is 0.240 e. The second-order valence-electron chi connectivity index (χ2n) is 3.74. The van der Waals surface area contributed by atoms with Crippen LogP contribution in [0.5, 0.6) is 0 Å². The molecule has 10 heavy (non-hydrogen) atoms. The number of ether oxygens (including phenoxy) is 2. The van der Waals surface area contributed by atoms with Crippen molar-refractivity contribution < 1.29 is 9.47 Å². The number of hydrogen-bond donors (Lipinski definition) is 0. The van der Waals surface area contributed by atoms with E-state index in [0.29, 0.717) is 0 Å². The zero-order valence-electron chi connectivity index (χ0n) is 6.76. The molecular formula is C8H14O2. The molecule has 0 saturated heterocycles. The summed E-state index contributed by atoms with van der Waals surface area (Å²) in [7, 11) is 0. The predicted octanol–water partition coefficient (Wildman–Crippen LogP) is 2.27. The third kappa shape index (κ3) is 2.29. The molecule has 0 amide bonds. The van der Waals surface area contributed by atoms with Crippen molar-refractivity contribution in [2.24, 2.45) is 5.41 Å². The Morgan fingerprint density at radius 2 is 1.70 bits per heavy atom. The van der Waals surface area contributed by atoms with Gasteiger partial charge in [-0.3, -0.25) is 0 Å². The highest BCUT2D eigenvalue weighted by Crippen LogP contribution is 2.24. The lowest BCUT2D eigenvalue weighted by molar-refractivity contribution is -0.0484. The molecule has 1 heterocycles. The van der Waals surface area contributed by atoms with E-state index in [1.54, 1.807) is 12.5 Å². The van der Waals surface area contributed by atoms with Crippen molar-refractivity contribution in [3.05, 3.63) is 12.5 Å². The van der Waals surface area contributed by atoms with Crippen molar-refractivity contribution in [1.29, 1.82) is 0 Å². The summed E-state index contributed by atoms with van der Waals surface area (Å²) >= 11 is 0. The summed E-state index contributed by atoms with van der Waals surface area (Å²) in [6.45, 7) is 6.49. The summed E-state index contributed by atoms with van der Waals surface area (Å²) in [6.07, 6.45) is 4.06. The molecular weight excluding hydrogens is 128 g/mol. The van der Waals surface area contributed by atoms with Gasteiger partial charge in [-0.15, -0.1) is 0 Å². The van der Waals surface area contributed by atoms with Crippen LogP contribution in [0.25, 0.3) is 0 Å². The predicted molar refractivity (Wildman–Crippen MR) is 39.2 cm³/mol. The summed E-state index contributed by atoms with van der Waals surface area (Å²) < 4.78 is 10.3. The molecule has 0 aromatic rings. The van der Waals surface area contributed by atoms with Gasteiger partial charge in [0.2, 0.25) is 6.29 Å². The Bertz CT molecular complexity index is 125. The number of rotatable bonds is 1. The average molecular weight is 142 g/mol. The molecule has 2 nitrogen and oxygen atoms in total. The van der Waals surface area contributed by atoms with Gasteiger partial charge in [-0.25, -0.2) is 0 Å². The molecule has 0 atom stereocenters. The van der Waals surface area contributed by atoms with Crippen LogP contribution in [0.4, 0.5) is 0 Å². The summed E-state index contributed by atoms with van der Waals surface area (Å²) in [6, 6.07) is 0. The minimum Gasteiger partial charge on any atom is -0.459 e. The SMILES string of the molecule is CC(C)(C)CC1OC=CO1. The quantitative estimate of drug-likeness (QED) is 0.559. The normalized spacial score (nSPS) is 18.7. The van der Waals surface area contributed by atoms with Crippen LogP contribution in [0.1, 0.15) is 27.2 Å². The van der Waals surface area contributed by atoms with Gasteiger partial charge in [0.25, 0.3) is 0 Å². The summed E-state index contributed by atoms with van der Waals surface area (Å²) in [5.41, 5.74) is 0.274. The Morgan fingerprint density at radius 3 is 2.10 bits per heavy atom. The Kier molecular flexibility index (Phi) is 1.88. The molecule has 0 saturated carbocycles. The first-order valence-corrected chi connectivity index (χ1v) is 3.54. The van der Waals surface area contributed by atoms with Crippen LogP contribution in [-0.4, -0.2) is 6.29 Å². The maximum atomic E-state index is 5.13. The fourth-order valence-electron chi connectivity index (χ4n) is 0.868. The minimum atomic E-state index is -0.0556. The second kappa shape index (κ2) is 2.52. The lowest BCUT2D eigenvalue weighted by atomic mass is 9.92. The molecule has 1 rings (SSSR count). The topological polar surface area (TPSA) is 18.5 Å². The van der Waals surface area contributed by atoms with Crippen molar-refractivity contribution in [1.82, 2.24) is 0 Å². The second-order valence-corrected chi connectivity index (χ2v) is 3.74. The van der Waals surface area contributed by atoms with Crippen molar-refractivity contribution in [2.75, 3.05) is 0 Å². The summed E-state index contributed by atoms with van der Waals surface area (Å²) in [4.78, 5) is 0. The van der Waals surface area contributed by atoms with Crippen LogP contribution in [-0.2, 0) is 9.47 Å². The summed E-state index contributed by atoms with van der Waals surface area (Å²) in [5, 5.41) is 0. The van der Waals surface area contributed by atoms with Gasteiger partial charge in [-0.05, 0) is 5.41 Å². The zero-order chi connectivity index (χ0) is 7.61. The lowest BCUT2D eigenvalue weighted by Crippen LogP contribution is -2.17. The van der Waals surface area contributed by atoms with Crippen LogP contribution in [0.2, 0.25) is 0 Å². The first kappa shape index (κ1) is 7.45. The van der Waals surface area contributed by atoms with E-state index < -0.39 is 0 Å². The van der Waals surface area contributed by atoms with E-state index in [4.69, 9.17) is 9.47 Å².